The number of nitrogens with one attached hydrogen (secondary N) is 3. The number of hydrogen-bond donors (Lipinski definition) is 3. The molecule has 1 amide bonds. The topological polar surface area (TPSA) is 66.1 Å². The number of anilines is 2. The Morgan fingerprint density at radius 3 is 2.38 bits per heavy atom. The SMILES string of the molecule is CCCNc1nc(NCCNC(=O)C2CC2)c(F)cc1F. The molecule has 1 saturated carbocycles. The zero-order valence-corrected chi connectivity index (χ0v) is 12.0. The van der Waals surface area contributed by atoms with Gasteiger partial charge in [0, 0.05) is 31.6 Å². The molecule has 1 aliphatic rings. The van der Waals surface area contributed by atoms with E-state index in [4.69, 9.17) is 0 Å². The number of pyridine rings is 1. The summed E-state index contributed by atoms with van der Waals surface area (Å²) in [6.07, 6.45) is 2.70. The van der Waals surface area contributed by atoms with E-state index in [1.807, 2.05) is 6.92 Å². The first-order valence-corrected chi connectivity index (χ1v) is 7.23. The molecule has 0 atom stereocenters. The molecule has 0 aromatic carbocycles. The molecule has 0 spiro atoms. The van der Waals surface area contributed by atoms with Crippen LogP contribution in [0.3, 0.4) is 0 Å². The van der Waals surface area contributed by atoms with E-state index in [1.54, 1.807) is 0 Å². The van der Waals surface area contributed by atoms with Gasteiger partial charge in [0.05, 0.1) is 0 Å². The zero-order valence-electron chi connectivity index (χ0n) is 12.0. The first-order valence-electron chi connectivity index (χ1n) is 7.23. The van der Waals surface area contributed by atoms with Crippen LogP contribution in [0.4, 0.5) is 20.4 Å². The van der Waals surface area contributed by atoms with Crippen LogP contribution in [0, 0.1) is 17.6 Å². The Labute approximate surface area is 122 Å². The van der Waals surface area contributed by atoms with Crippen LogP contribution in [-0.4, -0.2) is 30.5 Å². The number of nitrogens with zero attached hydrogens (tertiary/aromatic N) is 1. The summed E-state index contributed by atoms with van der Waals surface area (Å²) < 4.78 is 27.1. The Morgan fingerprint density at radius 1 is 1.19 bits per heavy atom. The van der Waals surface area contributed by atoms with Gasteiger partial charge in [0.1, 0.15) is 0 Å². The highest BCUT2D eigenvalue weighted by molar-refractivity contribution is 5.80. The minimum absolute atomic E-state index is 0.0179. The van der Waals surface area contributed by atoms with Gasteiger partial charge in [-0.15, -0.1) is 0 Å². The first-order chi connectivity index (χ1) is 10.1. The summed E-state index contributed by atoms with van der Waals surface area (Å²) in [7, 11) is 0. The Morgan fingerprint density at radius 2 is 1.81 bits per heavy atom. The average molecular weight is 298 g/mol. The molecule has 1 aromatic heterocycles. The molecule has 21 heavy (non-hydrogen) atoms. The molecule has 0 bridgehead atoms. The van der Waals surface area contributed by atoms with Crippen LogP contribution in [-0.2, 0) is 4.79 Å². The van der Waals surface area contributed by atoms with Crippen molar-refractivity contribution in [2.75, 3.05) is 30.3 Å². The molecule has 7 heteroatoms. The Balaban J connectivity index is 1.84. The Hall–Kier alpha value is -1.92. The fraction of sp³-hybridized carbons (Fsp3) is 0.571. The molecule has 1 aromatic rings. The van der Waals surface area contributed by atoms with Gasteiger partial charge < -0.3 is 16.0 Å². The van der Waals surface area contributed by atoms with Crippen LogP contribution in [0.2, 0.25) is 0 Å². The van der Waals surface area contributed by atoms with Crippen molar-refractivity contribution in [3.05, 3.63) is 17.7 Å². The maximum absolute atomic E-state index is 13.6. The summed E-state index contributed by atoms with van der Waals surface area (Å²) in [4.78, 5) is 15.3. The number of aromatic nitrogens is 1. The lowest BCUT2D eigenvalue weighted by Gasteiger charge is -2.11. The highest BCUT2D eigenvalue weighted by Crippen LogP contribution is 2.28. The van der Waals surface area contributed by atoms with Gasteiger partial charge in [-0.2, -0.15) is 0 Å². The van der Waals surface area contributed by atoms with E-state index in [0.29, 0.717) is 19.6 Å². The van der Waals surface area contributed by atoms with Gasteiger partial charge in [0.2, 0.25) is 5.91 Å². The van der Waals surface area contributed by atoms with Crippen LogP contribution in [0.1, 0.15) is 26.2 Å². The fourth-order valence-corrected chi connectivity index (χ4v) is 1.81. The largest absolute Gasteiger partial charge is 0.368 e. The third-order valence-corrected chi connectivity index (χ3v) is 3.14. The molecule has 3 N–H and O–H groups in total. The van der Waals surface area contributed by atoms with E-state index in [9.17, 15) is 13.6 Å². The van der Waals surface area contributed by atoms with Gasteiger partial charge >= 0.3 is 0 Å². The van der Waals surface area contributed by atoms with E-state index < -0.39 is 11.6 Å². The molecule has 1 fully saturated rings. The Bertz CT molecular complexity index is 506. The summed E-state index contributed by atoms with van der Waals surface area (Å²) in [6, 6.07) is 0.802. The predicted molar refractivity (Wildman–Crippen MR) is 77.2 cm³/mol. The first kappa shape index (κ1) is 15.5. The molecule has 116 valence electrons. The van der Waals surface area contributed by atoms with Crippen LogP contribution < -0.4 is 16.0 Å². The average Bonchev–Trinajstić information content (AvgIpc) is 3.28. The smallest absolute Gasteiger partial charge is 0.223 e. The molecule has 2 rings (SSSR count). The summed E-state index contributed by atoms with van der Waals surface area (Å²) >= 11 is 0. The van der Waals surface area contributed by atoms with Gasteiger partial charge in [0.15, 0.2) is 23.3 Å². The monoisotopic (exact) mass is 298 g/mol. The van der Waals surface area contributed by atoms with Gasteiger partial charge in [-0.05, 0) is 19.3 Å². The number of rotatable bonds is 8. The maximum Gasteiger partial charge on any atom is 0.223 e. The van der Waals surface area contributed by atoms with Gasteiger partial charge in [-0.25, -0.2) is 13.8 Å². The Kier molecular flexibility index (Phi) is 5.30. The van der Waals surface area contributed by atoms with Gasteiger partial charge in [0.25, 0.3) is 0 Å². The molecule has 5 nitrogen and oxygen atoms in total. The molecule has 0 saturated heterocycles. The number of amides is 1. The maximum atomic E-state index is 13.6. The lowest BCUT2D eigenvalue weighted by atomic mass is 10.3. The van der Waals surface area contributed by atoms with Crippen molar-refractivity contribution in [3.63, 3.8) is 0 Å². The summed E-state index contributed by atoms with van der Waals surface area (Å²) in [5.74, 6) is -1.26. The van der Waals surface area contributed by atoms with Crippen molar-refractivity contribution in [2.45, 2.75) is 26.2 Å². The van der Waals surface area contributed by atoms with Crippen molar-refractivity contribution in [3.8, 4) is 0 Å². The zero-order chi connectivity index (χ0) is 15.2. The minimum atomic E-state index is -0.747. The standard InChI is InChI=1S/C14H20F2N4O/c1-2-5-17-12-10(15)8-11(16)13(20-12)18-6-7-19-14(21)9-3-4-9/h8-9H,2-7H2,1H3,(H,19,21)(H2,17,18,20). The highest BCUT2D eigenvalue weighted by atomic mass is 19.1. The number of halogens is 2. The van der Waals surface area contributed by atoms with E-state index in [-0.39, 0.29) is 23.5 Å². The summed E-state index contributed by atoms with van der Waals surface area (Å²) in [6.45, 7) is 3.22. The van der Waals surface area contributed by atoms with E-state index in [2.05, 4.69) is 20.9 Å². The van der Waals surface area contributed by atoms with E-state index in [1.165, 1.54) is 0 Å². The van der Waals surface area contributed by atoms with Crippen molar-refractivity contribution in [1.82, 2.24) is 10.3 Å². The molecular formula is C14H20F2N4O. The van der Waals surface area contributed by atoms with Crippen molar-refractivity contribution < 1.29 is 13.6 Å². The lowest BCUT2D eigenvalue weighted by Crippen LogP contribution is -2.30. The molecule has 1 heterocycles. The highest BCUT2D eigenvalue weighted by Gasteiger charge is 2.28. The van der Waals surface area contributed by atoms with Crippen LogP contribution in [0.5, 0.6) is 0 Å². The van der Waals surface area contributed by atoms with Crippen molar-refractivity contribution in [2.24, 2.45) is 5.92 Å². The van der Waals surface area contributed by atoms with E-state index in [0.717, 1.165) is 25.3 Å². The molecule has 0 aliphatic heterocycles. The van der Waals surface area contributed by atoms with Crippen LogP contribution in [0.15, 0.2) is 6.07 Å². The van der Waals surface area contributed by atoms with Crippen LogP contribution >= 0.6 is 0 Å². The minimum Gasteiger partial charge on any atom is -0.368 e. The summed E-state index contributed by atoms with van der Waals surface area (Å²) in [5.41, 5.74) is 0. The normalized spacial score (nSPS) is 13.9. The quantitative estimate of drug-likeness (QED) is 0.643. The van der Waals surface area contributed by atoms with Crippen molar-refractivity contribution in [1.29, 1.82) is 0 Å². The predicted octanol–water partition coefficient (Wildman–Crippen LogP) is 2.12. The van der Waals surface area contributed by atoms with Crippen molar-refractivity contribution >= 4 is 17.5 Å². The molecule has 1 aliphatic carbocycles. The molecule has 0 radical (unpaired) electrons. The van der Waals surface area contributed by atoms with Gasteiger partial charge in [-0.3, -0.25) is 4.79 Å². The number of carbonyl (C=O) groups is 1. The van der Waals surface area contributed by atoms with Crippen LogP contribution in [0.25, 0.3) is 0 Å². The third kappa shape index (κ3) is 4.54. The number of carbonyl (C=O) groups excluding carboxylic acids is 1. The van der Waals surface area contributed by atoms with E-state index >= 15 is 0 Å². The molecule has 0 unspecified atom stereocenters. The third-order valence-electron chi connectivity index (χ3n) is 3.14. The molecular weight excluding hydrogens is 278 g/mol. The fourth-order valence-electron chi connectivity index (χ4n) is 1.81. The second-order valence-electron chi connectivity index (χ2n) is 5.07. The van der Waals surface area contributed by atoms with Gasteiger partial charge in [-0.1, -0.05) is 6.92 Å². The summed E-state index contributed by atoms with van der Waals surface area (Å²) in [5, 5.41) is 8.32. The second-order valence-corrected chi connectivity index (χ2v) is 5.07. The number of hydrogen-bond acceptors (Lipinski definition) is 4. The second kappa shape index (κ2) is 7.19. The lowest BCUT2D eigenvalue weighted by molar-refractivity contribution is -0.122.